The second-order valence-electron chi connectivity index (χ2n) is 8.07. The van der Waals surface area contributed by atoms with Gasteiger partial charge in [0.25, 0.3) is 5.89 Å². The topological polar surface area (TPSA) is 123 Å². The number of aromatic amines is 1. The molecule has 11 nitrogen and oxygen atoms in total. The van der Waals surface area contributed by atoms with Crippen LogP contribution in [0.4, 0.5) is 13.2 Å². The van der Waals surface area contributed by atoms with Crippen LogP contribution in [0.3, 0.4) is 0 Å². The summed E-state index contributed by atoms with van der Waals surface area (Å²) in [6.45, 7) is 0.236. The minimum Gasteiger partial charge on any atom is -0.411 e. The molecule has 178 valence electrons. The smallest absolute Gasteiger partial charge is 0.411 e. The van der Waals surface area contributed by atoms with E-state index in [4.69, 9.17) is 4.42 Å². The summed E-state index contributed by atoms with van der Waals surface area (Å²) in [7, 11) is 1.78. The maximum absolute atomic E-state index is 13.6. The van der Waals surface area contributed by atoms with Crippen molar-refractivity contribution in [2.24, 2.45) is 7.05 Å². The van der Waals surface area contributed by atoms with Crippen LogP contribution in [-0.2, 0) is 19.6 Å². The number of nitrogens with zero attached hydrogens (tertiary/aromatic N) is 8. The van der Waals surface area contributed by atoms with Crippen molar-refractivity contribution >= 4 is 11.4 Å². The number of imidazole rings is 2. The minimum atomic E-state index is -4.56. The van der Waals surface area contributed by atoms with E-state index >= 15 is 0 Å². The Labute approximate surface area is 194 Å². The molecule has 1 amide bonds. The van der Waals surface area contributed by atoms with Crippen LogP contribution in [0.1, 0.15) is 39.4 Å². The zero-order valence-electron chi connectivity index (χ0n) is 18.1. The molecule has 5 aromatic heterocycles. The van der Waals surface area contributed by atoms with Crippen LogP contribution in [0.15, 0.2) is 47.7 Å². The maximum atomic E-state index is 13.6. The van der Waals surface area contributed by atoms with Gasteiger partial charge in [0.2, 0.25) is 0 Å². The number of amides is 1. The van der Waals surface area contributed by atoms with E-state index in [1.165, 1.54) is 29.6 Å². The molecule has 35 heavy (non-hydrogen) atoms. The first-order valence-electron chi connectivity index (χ1n) is 10.5. The third-order valence-corrected chi connectivity index (χ3v) is 5.82. The van der Waals surface area contributed by atoms with Crippen LogP contribution in [0, 0.1) is 0 Å². The number of fused-ring (bicyclic) bond motifs is 2. The SMILES string of the molecule is Cn1cnc(-c2nnc(C(=O)N3CCc4[nH]cnc4[C@H]3c3cc4c(C(F)(F)F)cccn4n3)o2)c1. The molecule has 1 aliphatic rings. The molecule has 0 saturated heterocycles. The molecule has 0 fully saturated rings. The molecule has 1 N–H and O–H groups in total. The fourth-order valence-corrected chi connectivity index (χ4v) is 4.26. The lowest BCUT2D eigenvalue weighted by Crippen LogP contribution is -2.41. The lowest BCUT2D eigenvalue weighted by molar-refractivity contribution is -0.136. The van der Waals surface area contributed by atoms with Crippen LogP contribution in [-0.4, -0.2) is 56.7 Å². The Hall–Kier alpha value is -4.49. The third-order valence-electron chi connectivity index (χ3n) is 5.82. The number of rotatable bonds is 3. The molecule has 0 radical (unpaired) electrons. The predicted octanol–water partition coefficient (Wildman–Crippen LogP) is 2.65. The molecule has 0 unspecified atom stereocenters. The number of hydrogen-bond donors (Lipinski definition) is 1. The number of aromatic nitrogens is 8. The van der Waals surface area contributed by atoms with Gasteiger partial charge in [0.1, 0.15) is 11.7 Å². The number of pyridine rings is 1. The Bertz CT molecular complexity index is 1560. The maximum Gasteiger partial charge on any atom is 0.418 e. The van der Waals surface area contributed by atoms with Crippen molar-refractivity contribution in [2.45, 2.75) is 18.6 Å². The van der Waals surface area contributed by atoms with E-state index < -0.39 is 23.7 Å². The molecular weight excluding hydrogens is 467 g/mol. The highest BCUT2D eigenvalue weighted by Gasteiger charge is 2.39. The molecule has 0 saturated carbocycles. The summed E-state index contributed by atoms with van der Waals surface area (Å²) in [5.74, 6) is -0.786. The molecular formula is C21H16F3N9O2. The van der Waals surface area contributed by atoms with Gasteiger partial charge in [-0.05, 0) is 18.2 Å². The number of carbonyl (C=O) groups is 1. The minimum absolute atomic E-state index is 0.0746. The largest absolute Gasteiger partial charge is 0.418 e. The molecule has 0 aromatic carbocycles. The Morgan fingerprint density at radius 2 is 2.11 bits per heavy atom. The van der Waals surface area contributed by atoms with Gasteiger partial charge in [0.15, 0.2) is 0 Å². The van der Waals surface area contributed by atoms with E-state index in [0.29, 0.717) is 17.8 Å². The quantitative estimate of drug-likeness (QED) is 0.419. The van der Waals surface area contributed by atoms with Gasteiger partial charge in [-0.3, -0.25) is 4.79 Å². The number of carbonyl (C=O) groups excluding carboxylic acids is 1. The highest BCUT2D eigenvalue weighted by atomic mass is 19.4. The molecule has 1 atom stereocenters. The summed E-state index contributed by atoms with van der Waals surface area (Å²) in [6.07, 6.45) is 2.01. The van der Waals surface area contributed by atoms with Gasteiger partial charge in [0.05, 0.1) is 35.1 Å². The third kappa shape index (κ3) is 3.45. The number of halogens is 3. The summed E-state index contributed by atoms with van der Waals surface area (Å²) < 4.78 is 49.1. The van der Waals surface area contributed by atoms with Crippen LogP contribution in [0.2, 0.25) is 0 Å². The summed E-state index contributed by atoms with van der Waals surface area (Å²) in [5, 5.41) is 12.2. The van der Waals surface area contributed by atoms with Crippen molar-refractivity contribution in [1.82, 2.24) is 44.2 Å². The Kier molecular flexibility index (Phi) is 4.52. The highest BCUT2D eigenvalue weighted by Crippen LogP contribution is 2.37. The highest BCUT2D eigenvalue weighted by molar-refractivity contribution is 5.90. The average molecular weight is 483 g/mol. The van der Waals surface area contributed by atoms with Gasteiger partial charge < -0.3 is 18.9 Å². The Morgan fingerprint density at radius 1 is 1.26 bits per heavy atom. The molecule has 6 heterocycles. The first-order valence-corrected chi connectivity index (χ1v) is 10.5. The zero-order valence-corrected chi connectivity index (χ0v) is 18.1. The number of hydrogen-bond acceptors (Lipinski definition) is 7. The van der Waals surface area contributed by atoms with Crippen molar-refractivity contribution in [1.29, 1.82) is 0 Å². The molecule has 5 aromatic rings. The molecule has 0 bridgehead atoms. The molecule has 1 aliphatic heterocycles. The van der Waals surface area contributed by atoms with Crippen molar-refractivity contribution in [3.63, 3.8) is 0 Å². The number of aryl methyl sites for hydroxylation is 1. The molecule has 0 spiro atoms. The van der Waals surface area contributed by atoms with Gasteiger partial charge in [-0.15, -0.1) is 10.2 Å². The summed E-state index contributed by atoms with van der Waals surface area (Å²) in [6, 6.07) is 2.73. The average Bonchev–Trinajstić information content (AvgIpc) is 3.62. The zero-order chi connectivity index (χ0) is 24.3. The van der Waals surface area contributed by atoms with E-state index in [2.05, 4.69) is 30.2 Å². The van der Waals surface area contributed by atoms with E-state index in [1.54, 1.807) is 24.1 Å². The number of nitrogens with one attached hydrogen (secondary N) is 1. The molecule has 0 aliphatic carbocycles. The van der Waals surface area contributed by atoms with Crippen LogP contribution in [0.25, 0.3) is 17.1 Å². The van der Waals surface area contributed by atoms with Crippen molar-refractivity contribution in [3.05, 3.63) is 71.8 Å². The fraction of sp³-hybridized carbons (Fsp3) is 0.238. The second kappa shape index (κ2) is 7.51. The summed E-state index contributed by atoms with van der Waals surface area (Å²) >= 11 is 0. The van der Waals surface area contributed by atoms with Gasteiger partial charge >= 0.3 is 18.0 Å². The van der Waals surface area contributed by atoms with Crippen LogP contribution in [0.5, 0.6) is 0 Å². The number of H-pyrrole nitrogens is 1. The van der Waals surface area contributed by atoms with E-state index in [9.17, 15) is 18.0 Å². The van der Waals surface area contributed by atoms with Crippen molar-refractivity contribution in [3.8, 4) is 11.6 Å². The fourth-order valence-electron chi connectivity index (χ4n) is 4.26. The Balaban J connectivity index is 1.42. The molecule has 6 rings (SSSR count). The van der Waals surface area contributed by atoms with Gasteiger partial charge in [-0.25, -0.2) is 14.5 Å². The monoisotopic (exact) mass is 483 g/mol. The first-order chi connectivity index (χ1) is 16.8. The summed E-state index contributed by atoms with van der Waals surface area (Å²) in [5.41, 5.74) is 0.946. The molecule has 14 heteroatoms. The summed E-state index contributed by atoms with van der Waals surface area (Å²) in [4.78, 5) is 26.4. The lowest BCUT2D eigenvalue weighted by atomic mass is 9.99. The van der Waals surface area contributed by atoms with Crippen LogP contribution >= 0.6 is 0 Å². The van der Waals surface area contributed by atoms with Gasteiger partial charge in [-0.1, -0.05) is 0 Å². The van der Waals surface area contributed by atoms with Crippen molar-refractivity contribution in [2.75, 3.05) is 6.54 Å². The number of alkyl halides is 3. The van der Waals surface area contributed by atoms with Gasteiger partial charge in [-0.2, -0.15) is 18.3 Å². The predicted molar refractivity (Wildman–Crippen MR) is 112 cm³/mol. The second-order valence-corrected chi connectivity index (χ2v) is 8.07. The van der Waals surface area contributed by atoms with Crippen LogP contribution < -0.4 is 0 Å². The van der Waals surface area contributed by atoms with Gasteiger partial charge in [0, 0.05) is 38.1 Å². The van der Waals surface area contributed by atoms with Crippen molar-refractivity contribution < 1.29 is 22.4 Å². The first kappa shape index (κ1) is 21.1. The normalized spacial score (nSPS) is 16.1. The van der Waals surface area contributed by atoms with E-state index in [1.807, 2.05) is 0 Å². The standard InChI is InChI=1S/C21H16F3N9O2/c1-31-8-14(27-10-31)18-28-29-19(35-18)20(34)32-6-4-12-16(26-9-25-12)17(32)13-7-15-11(21(22,23)24)3-2-5-33(15)30-13/h2-3,5,7-10,17H,4,6H2,1H3,(H,25,26)/t17-/m1/s1. The lowest BCUT2D eigenvalue weighted by Gasteiger charge is -2.32. The van der Waals surface area contributed by atoms with E-state index in [-0.39, 0.29) is 29.5 Å². The Morgan fingerprint density at radius 3 is 2.89 bits per heavy atom. The van der Waals surface area contributed by atoms with E-state index in [0.717, 1.165) is 16.3 Å².